The largest absolute Gasteiger partial charge is 0.375 e. The van der Waals surface area contributed by atoms with Crippen molar-refractivity contribution in [2.24, 2.45) is 0 Å². The highest BCUT2D eigenvalue weighted by atomic mass is 35.5. The smallest absolute Gasteiger partial charge is 0.268 e. The molecule has 0 aromatic carbocycles. The molecule has 2 rings (SSSR count). The number of nitrogens with zero attached hydrogens (tertiary/aromatic N) is 3. The van der Waals surface area contributed by atoms with E-state index in [2.05, 4.69) is 20.3 Å². The third-order valence-electron chi connectivity index (χ3n) is 1.93. The summed E-state index contributed by atoms with van der Waals surface area (Å²) in [6, 6.07) is 1.39. The number of hydrogen-bond acceptors (Lipinski definition) is 6. The summed E-state index contributed by atoms with van der Waals surface area (Å²) in [4.78, 5) is 23.8. The van der Waals surface area contributed by atoms with Gasteiger partial charge in [-0.25, -0.2) is 15.0 Å². The van der Waals surface area contributed by atoms with Gasteiger partial charge in [-0.3, -0.25) is 4.79 Å². The van der Waals surface area contributed by atoms with Crippen LogP contribution >= 0.6 is 34.5 Å². The predicted molar refractivity (Wildman–Crippen MR) is 71.3 cm³/mol. The van der Waals surface area contributed by atoms with Crippen molar-refractivity contribution in [3.05, 3.63) is 27.1 Å². The molecule has 0 radical (unpaired) electrons. The van der Waals surface area contributed by atoms with E-state index in [0.29, 0.717) is 15.7 Å². The molecule has 9 heteroatoms. The second kappa shape index (κ2) is 5.05. The van der Waals surface area contributed by atoms with Gasteiger partial charge < -0.3 is 11.1 Å². The molecule has 1 amide bonds. The van der Waals surface area contributed by atoms with E-state index in [4.69, 9.17) is 28.9 Å². The van der Waals surface area contributed by atoms with E-state index in [-0.39, 0.29) is 22.2 Å². The SMILES string of the molecule is Cc1nc(N)sc1C(=O)Nc1cc(Cl)nc(Cl)n1. The summed E-state index contributed by atoms with van der Waals surface area (Å²) in [5.41, 5.74) is 6.08. The van der Waals surface area contributed by atoms with Crippen LogP contribution in [-0.4, -0.2) is 20.9 Å². The quantitative estimate of drug-likeness (QED) is 0.656. The van der Waals surface area contributed by atoms with Crippen molar-refractivity contribution in [3.63, 3.8) is 0 Å². The number of carbonyl (C=O) groups excluding carboxylic acids is 1. The van der Waals surface area contributed by atoms with Crippen molar-refractivity contribution in [1.29, 1.82) is 0 Å². The van der Waals surface area contributed by atoms with Crippen molar-refractivity contribution in [1.82, 2.24) is 15.0 Å². The number of rotatable bonds is 2. The Hall–Kier alpha value is -1.44. The van der Waals surface area contributed by atoms with Crippen LogP contribution in [0.1, 0.15) is 15.4 Å². The Bertz CT molecular complexity index is 595. The van der Waals surface area contributed by atoms with E-state index in [1.807, 2.05) is 0 Å². The van der Waals surface area contributed by atoms with Crippen molar-refractivity contribution in [2.75, 3.05) is 11.1 Å². The van der Waals surface area contributed by atoms with Crippen LogP contribution in [0.4, 0.5) is 10.9 Å². The lowest BCUT2D eigenvalue weighted by molar-refractivity contribution is 0.102. The summed E-state index contributed by atoms with van der Waals surface area (Å²) in [6.07, 6.45) is 0. The molecule has 0 saturated heterocycles. The zero-order valence-electron chi connectivity index (χ0n) is 9.07. The lowest BCUT2D eigenvalue weighted by Gasteiger charge is -2.03. The van der Waals surface area contributed by atoms with Crippen LogP contribution in [0.3, 0.4) is 0 Å². The highest BCUT2D eigenvalue weighted by Crippen LogP contribution is 2.21. The van der Waals surface area contributed by atoms with Crippen molar-refractivity contribution >= 4 is 51.4 Å². The molecule has 0 fully saturated rings. The second-order valence-corrected chi connectivity index (χ2v) is 5.02. The van der Waals surface area contributed by atoms with Gasteiger partial charge in [-0.15, -0.1) is 0 Å². The van der Waals surface area contributed by atoms with Crippen molar-refractivity contribution in [3.8, 4) is 0 Å². The molecule has 2 aromatic heterocycles. The van der Waals surface area contributed by atoms with Gasteiger partial charge in [0.1, 0.15) is 15.8 Å². The fourth-order valence-corrected chi connectivity index (χ4v) is 2.39. The summed E-state index contributed by atoms with van der Waals surface area (Å²) in [6.45, 7) is 1.70. The van der Waals surface area contributed by atoms with Gasteiger partial charge in [-0.1, -0.05) is 22.9 Å². The molecular formula is C9H7Cl2N5OS. The van der Waals surface area contributed by atoms with Gasteiger partial charge in [0.15, 0.2) is 5.13 Å². The van der Waals surface area contributed by atoms with E-state index < -0.39 is 0 Å². The summed E-state index contributed by atoms with van der Waals surface area (Å²) >= 11 is 12.4. The third kappa shape index (κ3) is 2.87. The second-order valence-electron chi connectivity index (χ2n) is 3.27. The molecule has 0 atom stereocenters. The van der Waals surface area contributed by atoms with Crippen LogP contribution in [0.15, 0.2) is 6.07 Å². The number of halogens is 2. The van der Waals surface area contributed by atoms with Gasteiger partial charge in [-0.2, -0.15) is 0 Å². The summed E-state index contributed by atoms with van der Waals surface area (Å²) in [5, 5.41) is 2.98. The van der Waals surface area contributed by atoms with Gasteiger partial charge in [0, 0.05) is 6.07 Å². The van der Waals surface area contributed by atoms with Crippen LogP contribution in [-0.2, 0) is 0 Å². The maximum atomic E-state index is 11.9. The van der Waals surface area contributed by atoms with Crippen LogP contribution < -0.4 is 11.1 Å². The Labute approximate surface area is 116 Å². The summed E-state index contributed by atoms with van der Waals surface area (Å²) < 4.78 is 0. The first-order valence-corrected chi connectivity index (χ1v) is 6.27. The molecular weight excluding hydrogens is 297 g/mol. The van der Waals surface area contributed by atoms with E-state index in [9.17, 15) is 4.79 Å². The van der Waals surface area contributed by atoms with Gasteiger partial charge >= 0.3 is 0 Å². The predicted octanol–water partition coefficient (Wildman–Crippen LogP) is 2.38. The van der Waals surface area contributed by atoms with E-state index in [0.717, 1.165) is 11.3 Å². The Morgan fingerprint density at radius 3 is 2.67 bits per heavy atom. The fraction of sp³-hybridized carbons (Fsp3) is 0.111. The van der Waals surface area contributed by atoms with Crippen LogP contribution in [0.25, 0.3) is 0 Å². The molecule has 0 saturated carbocycles. The maximum absolute atomic E-state index is 11.9. The minimum atomic E-state index is -0.368. The molecule has 0 spiro atoms. The molecule has 2 heterocycles. The van der Waals surface area contributed by atoms with Gasteiger partial charge in [0.25, 0.3) is 5.91 Å². The Morgan fingerprint density at radius 1 is 1.39 bits per heavy atom. The van der Waals surface area contributed by atoms with Crippen molar-refractivity contribution in [2.45, 2.75) is 6.92 Å². The number of aromatic nitrogens is 3. The Balaban J connectivity index is 2.23. The number of carbonyl (C=O) groups is 1. The number of anilines is 2. The number of aryl methyl sites for hydroxylation is 1. The molecule has 18 heavy (non-hydrogen) atoms. The number of nitrogens with two attached hydrogens (primary N) is 1. The molecule has 0 aliphatic heterocycles. The Morgan fingerprint density at radius 2 is 2.11 bits per heavy atom. The van der Waals surface area contributed by atoms with Crippen LogP contribution in [0.2, 0.25) is 10.4 Å². The van der Waals surface area contributed by atoms with Crippen LogP contribution in [0, 0.1) is 6.92 Å². The molecule has 0 unspecified atom stereocenters. The maximum Gasteiger partial charge on any atom is 0.268 e. The third-order valence-corrected chi connectivity index (χ3v) is 3.28. The zero-order valence-corrected chi connectivity index (χ0v) is 11.4. The average Bonchev–Trinajstić information content (AvgIpc) is 2.56. The van der Waals surface area contributed by atoms with E-state index >= 15 is 0 Å². The number of nitrogen functional groups attached to an aromatic ring is 1. The molecule has 2 aromatic rings. The number of nitrogens with one attached hydrogen (secondary N) is 1. The standard InChI is InChI=1S/C9H7Cl2N5OS/c1-3-6(18-9(12)13-3)7(17)15-5-2-4(10)14-8(11)16-5/h2H,1H3,(H2,12,13)(H,14,15,16,17). The van der Waals surface area contributed by atoms with Gasteiger partial charge in [0.2, 0.25) is 5.28 Å². The van der Waals surface area contributed by atoms with Crippen molar-refractivity contribution < 1.29 is 4.79 Å². The number of thiazole rings is 1. The summed E-state index contributed by atoms with van der Waals surface area (Å²) in [5.74, 6) is -0.149. The molecule has 94 valence electrons. The fourth-order valence-electron chi connectivity index (χ4n) is 1.25. The molecule has 0 aliphatic rings. The molecule has 6 nitrogen and oxygen atoms in total. The van der Waals surface area contributed by atoms with Crippen LogP contribution in [0.5, 0.6) is 0 Å². The topological polar surface area (TPSA) is 93.8 Å². The van der Waals surface area contributed by atoms with Gasteiger partial charge in [-0.05, 0) is 18.5 Å². The average molecular weight is 304 g/mol. The highest BCUT2D eigenvalue weighted by Gasteiger charge is 2.15. The number of hydrogen-bond donors (Lipinski definition) is 2. The first-order valence-electron chi connectivity index (χ1n) is 4.70. The highest BCUT2D eigenvalue weighted by molar-refractivity contribution is 7.17. The van der Waals surface area contributed by atoms with E-state index in [1.165, 1.54) is 6.07 Å². The number of amides is 1. The lowest BCUT2D eigenvalue weighted by atomic mass is 10.4. The first-order chi connectivity index (χ1) is 8.45. The lowest BCUT2D eigenvalue weighted by Crippen LogP contribution is -2.13. The van der Waals surface area contributed by atoms with Gasteiger partial charge in [0.05, 0.1) is 5.69 Å². The van der Waals surface area contributed by atoms with E-state index in [1.54, 1.807) is 6.92 Å². The molecule has 0 bridgehead atoms. The zero-order chi connectivity index (χ0) is 13.3. The monoisotopic (exact) mass is 303 g/mol. The normalized spacial score (nSPS) is 10.4. The Kier molecular flexibility index (Phi) is 3.65. The minimum Gasteiger partial charge on any atom is -0.375 e. The molecule has 3 N–H and O–H groups in total. The molecule has 0 aliphatic carbocycles. The summed E-state index contributed by atoms with van der Waals surface area (Å²) in [7, 11) is 0. The minimum absolute atomic E-state index is 0.0432. The first kappa shape index (κ1) is 13.0.